The summed E-state index contributed by atoms with van der Waals surface area (Å²) in [7, 11) is -4.77. The third-order valence-electron chi connectivity index (χ3n) is 4.45. The molecule has 0 unspecified atom stereocenters. The van der Waals surface area contributed by atoms with Crippen molar-refractivity contribution in [3.8, 4) is 0 Å². The van der Waals surface area contributed by atoms with E-state index in [0.29, 0.717) is 0 Å². The lowest BCUT2D eigenvalue weighted by molar-refractivity contribution is -0.271. The molecule has 0 radical (unpaired) electrons. The number of benzene rings is 4. The summed E-state index contributed by atoms with van der Waals surface area (Å²) in [5.74, 6) is 0. The first-order valence-corrected chi connectivity index (χ1v) is 12.8. The number of halogens is 3. The smallest absolute Gasteiger partial charge is 0.194 e. The highest BCUT2D eigenvalue weighted by molar-refractivity contribution is 7.97. The fraction of sp³-hybridized carbons (Fsp3) is 0.0769. The molecule has 0 aromatic heterocycles. The van der Waals surface area contributed by atoms with Crippen molar-refractivity contribution in [3.05, 3.63) is 121 Å². The van der Waals surface area contributed by atoms with E-state index in [4.69, 9.17) is 0 Å². The maximum Gasteiger partial charge on any atom is 0.537 e. The molecule has 0 N–H and O–H groups in total. The van der Waals surface area contributed by atoms with Crippen LogP contribution in [-0.2, 0) is 25.2 Å². The molecule has 4 aromatic rings. The van der Waals surface area contributed by atoms with E-state index in [1.54, 1.807) is 0 Å². The van der Waals surface area contributed by atoms with Gasteiger partial charge in [-0.25, -0.2) is 0 Å². The highest BCUT2D eigenvalue weighted by atomic mass is 32.2. The van der Waals surface area contributed by atoms with Crippen molar-refractivity contribution in [1.82, 2.24) is 0 Å². The normalized spacial score (nSPS) is 11.6. The van der Waals surface area contributed by atoms with Gasteiger partial charge in [-0.15, -0.1) is 13.2 Å². The van der Waals surface area contributed by atoms with Gasteiger partial charge in [0, 0.05) is 0 Å². The van der Waals surface area contributed by atoms with Crippen LogP contribution in [0.3, 0.4) is 0 Å². The van der Waals surface area contributed by atoms with Gasteiger partial charge in [-0.1, -0.05) is 72.3 Å². The van der Waals surface area contributed by atoms with E-state index in [1.807, 2.05) is 0 Å². The molecule has 0 fully saturated rings. The molecule has 0 saturated carbocycles. The highest BCUT2D eigenvalue weighted by Gasteiger charge is 2.37. The molecule has 176 valence electrons. The average molecular weight is 504 g/mol. The monoisotopic (exact) mass is 503 g/mol. The minimum atomic E-state index is -5.20. The van der Waals surface area contributed by atoms with Crippen LogP contribution in [0.1, 0.15) is 5.56 Å². The molecular weight excluding hydrogens is 481 g/mol. The highest BCUT2D eigenvalue weighted by Crippen LogP contribution is 2.31. The number of rotatable bonds is 5. The zero-order chi connectivity index (χ0) is 24.6. The summed E-state index contributed by atoms with van der Waals surface area (Å²) < 4.78 is 59.7. The maximum absolute atomic E-state index is 11.6. The van der Waals surface area contributed by atoms with Crippen molar-refractivity contribution in [1.29, 1.82) is 0 Å². The topological polar surface area (TPSA) is 43.4 Å². The summed E-state index contributed by atoms with van der Waals surface area (Å²) in [6.45, 7) is 2.13. The van der Waals surface area contributed by atoms with Crippen LogP contribution in [-0.4, -0.2) is 14.8 Å². The minimum Gasteiger partial charge on any atom is -0.194 e. The van der Waals surface area contributed by atoms with Crippen LogP contribution in [0.15, 0.2) is 135 Å². The molecule has 0 bridgehead atoms. The Morgan fingerprint density at radius 3 is 1.41 bits per heavy atom. The van der Waals surface area contributed by atoms with Crippen molar-refractivity contribution in [2.75, 3.05) is 0 Å². The van der Waals surface area contributed by atoms with Crippen LogP contribution in [0.25, 0.3) is 0 Å². The molecule has 0 aliphatic carbocycles. The fourth-order valence-electron chi connectivity index (χ4n) is 2.96. The van der Waals surface area contributed by atoms with Crippen LogP contribution < -0.4 is 0 Å². The molecule has 8 heteroatoms. The molecule has 3 nitrogen and oxygen atoms in total. The number of hydrogen-bond acceptors (Lipinski definition) is 3. The van der Waals surface area contributed by atoms with E-state index in [9.17, 15) is 21.6 Å². The Morgan fingerprint density at radius 2 is 1.00 bits per heavy atom. The summed E-state index contributed by atoms with van der Waals surface area (Å²) in [5.41, 5.74) is 1.30. The quantitative estimate of drug-likeness (QED) is 0.218. The largest absolute Gasteiger partial charge is 0.537 e. The lowest BCUT2D eigenvalue weighted by atomic mass is 10.2. The second-order valence-corrected chi connectivity index (χ2v) is 10.6. The first-order chi connectivity index (χ1) is 16.2. The van der Waals surface area contributed by atoms with Crippen molar-refractivity contribution < 1.29 is 25.8 Å². The molecule has 4 aromatic carbocycles. The van der Waals surface area contributed by atoms with Gasteiger partial charge in [0.25, 0.3) is 0 Å². The predicted octanol–water partition coefficient (Wildman–Crippen LogP) is 7.00. The molecule has 0 heterocycles. The van der Waals surface area contributed by atoms with E-state index >= 15 is 0 Å². The number of hydrogen-bond donors (Lipinski definition) is 0. The van der Waals surface area contributed by atoms with Gasteiger partial charge < -0.3 is 0 Å². The standard InChI is InChI=1S/C19H17S.C7H5F3O3S/c1-16-12-14-19(15-13-16)20(17-8-4-2-5-9-17)18-10-6-3-7-11-18;8-7(9,10)13-14(11,12)6-4-2-1-3-5-6/h2-15H,1H3;1-5H/q+1;. The molecule has 4 rings (SSSR count). The van der Waals surface area contributed by atoms with Crippen molar-refractivity contribution in [3.63, 3.8) is 0 Å². The molecule has 0 atom stereocenters. The Bertz CT molecular complexity index is 1220. The first kappa shape index (κ1) is 25.6. The molecule has 0 aliphatic rings. The van der Waals surface area contributed by atoms with E-state index in [2.05, 4.69) is 96.0 Å². The van der Waals surface area contributed by atoms with E-state index < -0.39 is 21.4 Å². The summed E-state index contributed by atoms with van der Waals surface area (Å²) in [5, 5.41) is 0. The third-order valence-corrected chi connectivity index (χ3v) is 7.94. The van der Waals surface area contributed by atoms with Gasteiger partial charge in [0.2, 0.25) is 0 Å². The van der Waals surface area contributed by atoms with Gasteiger partial charge in [0.15, 0.2) is 14.7 Å². The number of alkyl halides is 3. The van der Waals surface area contributed by atoms with E-state index in [0.717, 1.165) is 12.1 Å². The van der Waals surface area contributed by atoms with E-state index in [1.165, 1.54) is 38.4 Å². The average Bonchev–Trinajstić information content (AvgIpc) is 2.82. The van der Waals surface area contributed by atoms with Gasteiger partial charge in [-0.05, 0) is 55.5 Å². The third kappa shape index (κ3) is 7.48. The Kier molecular flexibility index (Phi) is 8.55. The van der Waals surface area contributed by atoms with Gasteiger partial charge >= 0.3 is 16.5 Å². The second kappa shape index (κ2) is 11.4. The van der Waals surface area contributed by atoms with Gasteiger partial charge in [-0.3, -0.25) is 0 Å². The van der Waals surface area contributed by atoms with Crippen molar-refractivity contribution >= 4 is 21.0 Å². The first-order valence-electron chi connectivity index (χ1n) is 10.1. The van der Waals surface area contributed by atoms with Crippen LogP contribution in [0, 0.1) is 6.92 Å². The molecule has 0 saturated heterocycles. The van der Waals surface area contributed by atoms with Gasteiger partial charge in [-0.2, -0.15) is 12.6 Å². The minimum absolute atomic E-state index is 0.0229. The zero-order valence-electron chi connectivity index (χ0n) is 18.1. The van der Waals surface area contributed by atoms with Crippen LogP contribution in [0.2, 0.25) is 0 Å². The Balaban J connectivity index is 0.000000204. The van der Waals surface area contributed by atoms with Crippen LogP contribution in [0.4, 0.5) is 13.2 Å². The Labute approximate surface area is 200 Å². The van der Waals surface area contributed by atoms with Crippen LogP contribution >= 0.6 is 0 Å². The SMILES string of the molecule is Cc1ccc([S+](c2ccccc2)c2ccccc2)cc1.O=S(=O)(OC(F)(F)F)c1ccccc1. The molecule has 0 spiro atoms. The molecule has 0 amide bonds. The summed E-state index contributed by atoms with van der Waals surface area (Å²) in [6.07, 6.45) is -5.20. The molecule has 34 heavy (non-hydrogen) atoms. The van der Waals surface area contributed by atoms with Gasteiger partial charge in [0.1, 0.15) is 0 Å². The fourth-order valence-corrected chi connectivity index (χ4v) is 5.87. The van der Waals surface area contributed by atoms with E-state index in [-0.39, 0.29) is 10.9 Å². The van der Waals surface area contributed by atoms with Crippen molar-refractivity contribution in [2.45, 2.75) is 32.9 Å². The van der Waals surface area contributed by atoms with Crippen molar-refractivity contribution in [2.24, 2.45) is 0 Å². The van der Waals surface area contributed by atoms with Crippen LogP contribution in [0.5, 0.6) is 0 Å². The lowest BCUT2D eigenvalue weighted by Gasteiger charge is -2.07. The predicted molar refractivity (Wildman–Crippen MR) is 127 cm³/mol. The molecule has 0 aliphatic heterocycles. The summed E-state index contributed by atoms with van der Waals surface area (Å²) >= 11 is 0. The molecular formula is C26H22F3O3S2+. The second-order valence-electron chi connectivity index (χ2n) is 7.04. The lowest BCUT2D eigenvalue weighted by Crippen LogP contribution is -2.19. The zero-order valence-corrected chi connectivity index (χ0v) is 19.8. The Hall–Kier alpha value is -3.07. The Morgan fingerprint density at radius 1 is 0.618 bits per heavy atom. The summed E-state index contributed by atoms with van der Waals surface area (Å²) in [4.78, 5) is 3.57. The summed E-state index contributed by atoms with van der Waals surface area (Å²) in [6, 6.07) is 36.5. The van der Waals surface area contributed by atoms with Gasteiger partial charge in [0.05, 0.1) is 15.8 Å². The number of aryl methyl sites for hydroxylation is 1. The maximum atomic E-state index is 11.6.